The highest BCUT2D eigenvalue weighted by Crippen LogP contribution is 2.23. The normalized spacial score (nSPS) is 12.1. The SMILES string of the molecule is C[C@H](NCc1cn(Cc2ccccc2)nc1-c1cccnc1)c1ccc(Br)cc1. The molecule has 1 atom stereocenters. The van der Waals surface area contributed by atoms with E-state index in [1.807, 2.05) is 23.0 Å². The molecule has 0 unspecified atom stereocenters. The van der Waals surface area contributed by atoms with Gasteiger partial charge in [-0.2, -0.15) is 5.10 Å². The average Bonchev–Trinajstić information content (AvgIpc) is 3.16. The summed E-state index contributed by atoms with van der Waals surface area (Å²) in [5.74, 6) is 0. The molecule has 2 aromatic heterocycles. The molecular weight excluding hydrogens is 424 g/mol. The first kappa shape index (κ1) is 19.6. The van der Waals surface area contributed by atoms with Gasteiger partial charge in [-0.25, -0.2) is 0 Å². The third kappa shape index (κ3) is 5.00. The second-order valence-corrected chi connectivity index (χ2v) is 8.00. The molecule has 0 aliphatic rings. The standard InChI is InChI=1S/C24H23BrN4/c1-18(20-9-11-23(25)12-10-20)27-15-22-17-29(16-19-6-3-2-4-7-19)28-24(22)21-8-5-13-26-14-21/h2-14,17-18,27H,15-16H2,1H3/t18-/m0/s1. The Bertz CT molecular complexity index is 1040. The maximum Gasteiger partial charge on any atom is 0.0983 e. The molecule has 0 spiro atoms. The number of hydrogen-bond acceptors (Lipinski definition) is 3. The summed E-state index contributed by atoms with van der Waals surface area (Å²) >= 11 is 3.50. The van der Waals surface area contributed by atoms with Crippen LogP contribution in [0.2, 0.25) is 0 Å². The molecule has 2 heterocycles. The molecule has 0 saturated heterocycles. The van der Waals surface area contributed by atoms with Crippen molar-refractivity contribution >= 4 is 15.9 Å². The first-order chi connectivity index (χ1) is 14.2. The van der Waals surface area contributed by atoms with Crippen LogP contribution in [-0.2, 0) is 13.1 Å². The fourth-order valence-corrected chi connectivity index (χ4v) is 3.59. The summed E-state index contributed by atoms with van der Waals surface area (Å²) in [6.07, 6.45) is 5.80. The molecule has 0 saturated carbocycles. The highest BCUT2D eigenvalue weighted by molar-refractivity contribution is 9.10. The van der Waals surface area contributed by atoms with Crippen LogP contribution in [0.4, 0.5) is 0 Å². The third-order valence-electron chi connectivity index (χ3n) is 4.93. The number of hydrogen-bond donors (Lipinski definition) is 1. The van der Waals surface area contributed by atoms with Crippen LogP contribution in [0.1, 0.15) is 29.7 Å². The first-order valence-corrected chi connectivity index (χ1v) is 10.5. The summed E-state index contributed by atoms with van der Waals surface area (Å²) < 4.78 is 3.11. The van der Waals surface area contributed by atoms with Crippen molar-refractivity contribution in [2.24, 2.45) is 0 Å². The number of aromatic nitrogens is 3. The van der Waals surface area contributed by atoms with E-state index in [4.69, 9.17) is 5.10 Å². The van der Waals surface area contributed by atoms with Crippen LogP contribution in [-0.4, -0.2) is 14.8 Å². The van der Waals surface area contributed by atoms with E-state index >= 15 is 0 Å². The van der Waals surface area contributed by atoms with E-state index in [9.17, 15) is 0 Å². The Kier molecular flexibility index (Phi) is 6.17. The van der Waals surface area contributed by atoms with Crippen LogP contribution in [0.3, 0.4) is 0 Å². The molecule has 146 valence electrons. The monoisotopic (exact) mass is 446 g/mol. The Morgan fingerprint density at radius 3 is 2.52 bits per heavy atom. The highest BCUT2D eigenvalue weighted by Gasteiger charge is 2.13. The number of pyridine rings is 1. The fourth-order valence-electron chi connectivity index (χ4n) is 3.32. The van der Waals surface area contributed by atoms with Gasteiger partial charge < -0.3 is 5.32 Å². The van der Waals surface area contributed by atoms with Gasteiger partial charge in [-0.15, -0.1) is 0 Å². The molecule has 2 aromatic carbocycles. The van der Waals surface area contributed by atoms with Gasteiger partial charge in [0, 0.05) is 46.8 Å². The van der Waals surface area contributed by atoms with Crippen LogP contribution >= 0.6 is 15.9 Å². The molecule has 4 aromatic rings. The van der Waals surface area contributed by atoms with Crippen LogP contribution < -0.4 is 5.32 Å². The summed E-state index contributed by atoms with van der Waals surface area (Å²) in [5, 5.41) is 8.50. The summed E-state index contributed by atoms with van der Waals surface area (Å²) in [5.41, 5.74) is 5.66. The van der Waals surface area contributed by atoms with Crippen LogP contribution in [0, 0.1) is 0 Å². The smallest absolute Gasteiger partial charge is 0.0983 e. The van der Waals surface area contributed by atoms with Gasteiger partial charge in [0.25, 0.3) is 0 Å². The molecule has 0 bridgehead atoms. The van der Waals surface area contributed by atoms with Crippen molar-refractivity contribution in [3.63, 3.8) is 0 Å². The Balaban J connectivity index is 1.56. The van der Waals surface area contributed by atoms with Gasteiger partial charge >= 0.3 is 0 Å². The lowest BCUT2D eigenvalue weighted by molar-refractivity contribution is 0.574. The maximum absolute atomic E-state index is 4.87. The lowest BCUT2D eigenvalue weighted by atomic mass is 10.1. The average molecular weight is 447 g/mol. The van der Waals surface area contributed by atoms with E-state index in [1.54, 1.807) is 6.20 Å². The second-order valence-electron chi connectivity index (χ2n) is 7.08. The molecule has 29 heavy (non-hydrogen) atoms. The van der Waals surface area contributed by atoms with E-state index in [0.29, 0.717) is 0 Å². The van der Waals surface area contributed by atoms with Crippen molar-refractivity contribution in [3.8, 4) is 11.3 Å². The predicted octanol–water partition coefficient (Wildman–Crippen LogP) is 5.61. The Labute approximate surface area is 179 Å². The number of rotatable bonds is 7. The van der Waals surface area contributed by atoms with Crippen molar-refractivity contribution < 1.29 is 0 Å². The van der Waals surface area contributed by atoms with Crippen LogP contribution in [0.15, 0.2) is 89.8 Å². The number of nitrogens with zero attached hydrogens (tertiary/aromatic N) is 3. The van der Waals surface area contributed by atoms with Crippen LogP contribution in [0.5, 0.6) is 0 Å². The summed E-state index contributed by atoms with van der Waals surface area (Å²) in [6, 6.07) is 23.1. The number of halogens is 1. The zero-order valence-corrected chi connectivity index (χ0v) is 17.9. The maximum atomic E-state index is 4.87. The van der Waals surface area contributed by atoms with E-state index in [0.717, 1.165) is 34.4 Å². The lowest BCUT2D eigenvalue weighted by Crippen LogP contribution is -2.18. The van der Waals surface area contributed by atoms with Crippen LogP contribution in [0.25, 0.3) is 11.3 Å². The summed E-state index contributed by atoms with van der Waals surface area (Å²) in [6.45, 7) is 3.66. The summed E-state index contributed by atoms with van der Waals surface area (Å²) in [4.78, 5) is 4.27. The summed E-state index contributed by atoms with van der Waals surface area (Å²) in [7, 11) is 0. The zero-order valence-electron chi connectivity index (χ0n) is 16.3. The minimum Gasteiger partial charge on any atom is -0.306 e. The third-order valence-corrected chi connectivity index (χ3v) is 5.46. The van der Waals surface area contributed by atoms with Crippen molar-refractivity contribution in [2.75, 3.05) is 0 Å². The quantitative estimate of drug-likeness (QED) is 0.401. The Hall–Kier alpha value is -2.76. The second kappa shape index (κ2) is 9.16. The zero-order chi connectivity index (χ0) is 20.1. The van der Waals surface area contributed by atoms with Gasteiger partial charge in [0.2, 0.25) is 0 Å². The van der Waals surface area contributed by atoms with E-state index in [1.165, 1.54) is 11.1 Å². The number of benzene rings is 2. The topological polar surface area (TPSA) is 42.7 Å². The van der Waals surface area contributed by atoms with Crippen molar-refractivity contribution in [1.29, 1.82) is 0 Å². The molecule has 5 heteroatoms. The van der Waals surface area contributed by atoms with E-state index in [2.05, 4.69) is 93.9 Å². The lowest BCUT2D eigenvalue weighted by Gasteiger charge is -2.14. The largest absolute Gasteiger partial charge is 0.306 e. The first-order valence-electron chi connectivity index (χ1n) is 9.68. The highest BCUT2D eigenvalue weighted by atomic mass is 79.9. The minimum atomic E-state index is 0.238. The predicted molar refractivity (Wildman–Crippen MR) is 120 cm³/mol. The Morgan fingerprint density at radius 1 is 1.00 bits per heavy atom. The fraction of sp³-hybridized carbons (Fsp3) is 0.167. The molecule has 1 N–H and O–H groups in total. The molecule has 0 aliphatic heterocycles. The van der Waals surface area contributed by atoms with Gasteiger partial charge in [-0.05, 0) is 42.3 Å². The van der Waals surface area contributed by atoms with Gasteiger partial charge in [0.05, 0.1) is 12.2 Å². The Morgan fingerprint density at radius 2 is 1.79 bits per heavy atom. The van der Waals surface area contributed by atoms with E-state index in [-0.39, 0.29) is 6.04 Å². The molecule has 4 nitrogen and oxygen atoms in total. The number of nitrogens with one attached hydrogen (secondary N) is 1. The molecule has 0 aliphatic carbocycles. The van der Waals surface area contributed by atoms with Crippen molar-refractivity contribution in [1.82, 2.24) is 20.1 Å². The molecule has 0 radical (unpaired) electrons. The van der Waals surface area contributed by atoms with Gasteiger partial charge in [-0.1, -0.05) is 58.4 Å². The molecular formula is C24H23BrN4. The molecule has 0 amide bonds. The van der Waals surface area contributed by atoms with Gasteiger partial charge in [-0.3, -0.25) is 9.67 Å². The van der Waals surface area contributed by atoms with Gasteiger partial charge in [0.1, 0.15) is 0 Å². The van der Waals surface area contributed by atoms with E-state index < -0.39 is 0 Å². The minimum absolute atomic E-state index is 0.238. The molecule has 0 fully saturated rings. The van der Waals surface area contributed by atoms with Gasteiger partial charge in [0.15, 0.2) is 0 Å². The molecule has 4 rings (SSSR count). The van der Waals surface area contributed by atoms with Crippen molar-refractivity contribution in [3.05, 3.63) is 106 Å². The van der Waals surface area contributed by atoms with Crippen molar-refractivity contribution in [2.45, 2.75) is 26.1 Å².